The molecule has 0 radical (unpaired) electrons. The molecular formula is C17H28N2O2S. The summed E-state index contributed by atoms with van der Waals surface area (Å²) in [6, 6.07) is 8.05. The van der Waals surface area contributed by atoms with Gasteiger partial charge < -0.3 is 5.32 Å². The van der Waals surface area contributed by atoms with E-state index in [0.29, 0.717) is 10.9 Å². The van der Waals surface area contributed by atoms with Gasteiger partial charge in [-0.15, -0.1) is 0 Å². The zero-order valence-corrected chi connectivity index (χ0v) is 14.9. The van der Waals surface area contributed by atoms with Gasteiger partial charge in [0.25, 0.3) is 0 Å². The van der Waals surface area contributed by atoms with Crippen molar-refractivity contribution in [2.45, 2.75) is 56.5 Å². The molecule has 2 rings (SSSR count). The molecule has 4 nitrogen and oxygen atoms in total. The van der Waals surface area contributed by atoms with Crippen LogP contribution in [-0.4, -0.2) is 32.9 Å². The SMILES string of the molecule is CC1CCCC(NC(C)c2ccc(S(=O)(=O)N(C)C)cc2)C1. The van der Waals surface area contributed by atoms with Crippen LogP contribution in [0.5, 0.6) is 0 Å². The molecule has 0 saturated heterocycles. The Morgan fingerprint density at radius 1 is 1.18 bits per heavy atom. The molecule has 0 heterocycles. The Labute approximate surface area is 135 Å². The first-order valence-corrected chi connectivity index (χ1v) is 9.53. The molecule has 1 N–H and O–H groups in total. The highest BCUT2D eigenvalue weighted by molar-refractivity contribution is 7.89. The third-order valence-corrected chi connectivity index (χ3v) is 6.41. The highest BCUT2D eigenvalue weighted by Gasteiger charge is 2.21. The Bertz CT molecular complexity index is 581. The van der Waals surface area contributed by atoms with Gasteiger partial charge in [-0.2, -0.15) is 0 Å². The van der Waals surface area contributed by atoms with Crippen LogP contribution in [-0.2, 0) is 10.0 Å². The molecule has 0 bridgehead atoms. The van der Waals surface area contributed by atoms with Gasteiger partial charge in [0.15, 0.2) is 0 Å². The largest absolute Gasteiger partial charge is 0.307 e. The maximum Gasteiger partial charge on any atom is 0.242 e. The molecule has 124 valence electrons. The standard InChI is InChI=1S/C17H28N2O2S/c1-13-6-5-7-16(12-13)18-14(2)15-8-10-17(11-9-15)22(20,21)19(3)4/h8-11,13-14,16,18H,5-7,12H2,1-4H3. The molecule has 1 aromatic rings. The molecule has 3 atom stereocenters. The Kier molecular flexibility index (Phi) is 5.64. The van der Waals surface area contributed by atoms with Crippen molar-refractivity contribution in [3.8, 4) is 0 Å². The second-order valence-corrected chi connectivity index (χ2v) is 8.87. The average Bonchev–Trinajstić information content (AvgIpc) is 2.47. The third-order valence-electron chi connectivity index (χ3n) is 4.58. The number of nitrogens with zero attached hydrogens (tertiary/aromatic N) is 1. The predicted molar refractivity (Wildman–Crippen MR) is 90.3 cm³/mol. The van der Waals surface area contributed by atoms with Gasteiger partial charge >= 0.3 is 0 Å². The molecule has 1 saturated carbocycles. The smallest absolute Gasteiger partial charge is 0.242 e. The van der Waals surface area contributed by atoms with E-state index < -0.39 is 10.0 Å². The van der Waals surface area contributed by atoms with Gasteiger partial charge in [0.2, 0.25) is 10.0 Å². The maximum atomic E-state index is 12.1. The fourth-order valence-electron chi connectivity index (χ4n) is 3.17. The first kappa shape index (κ1) is 17.4. The number of benzene rings is 1. The molecule has 0 amide bonds. The summed E-state index contributed by atoms with van der Waals surface area (Å²) in [7, 11) is -0.234. The fraction of sp³-hybridized carbons (Fsp3) is 0.647. The Morgan fingerprint density at radius 2 is 1.82 bits per heavy atom. The summed E-state index contributed by atoms with van der Waals surface area (Å²) in [5, 5.41) is 3.69. The van der Waals surface area contributed by atoms with Crippen LogP contribution in [0.2, 0.25) is 0 Å². The topological polar surface area (TPSA) is 49.4 Å². The van der Waals surface area contributed by atoms with Crippen LogP contribution in [0.3, 0.4) is 0 Å². The lowest BCUT2D eigenvalue weighted by atomic mass is 9.86. The van der Waals surface area contributed by atoms with Gasteiger partial charge in [-0.3, -0.25) is 0 Å². The van der Waals surface area contributed by atoms with E-state index in [9.17, 15) is 8.42 Å². The molecule has 0 spiro atoms. The molecule has 1 fully saturated rings. The van der Waals surface area contributed by atoms with E-state index in [-0.39, 0.29) is 6.04 Å². The van der Waals surface area contributed by atoms with E-state index >= 15 is 0 Å². The van der Waals surface area contributed by atoms with E-state index in [1.807, 2.05) is 12.1 Å². The second-order valence-electron chi connectivity index (χ2n) is 6.71. The lowest BCUT2D eigenvalue weighted by Gasteiger charge is -2.30. The van der Waals surface area contributed by atoms with Crippen LogP contribution in [0.1, 0.15) is 51.1 Å². The van der Waals surface area contributed by atoms with Crippen LogP contribution in [0, 0.1) is 5.92 Å². The summed E-state index contributed by atoms with van der Waals surface area (Å²) in [4.78, 5) is 0.347. The quantitative estimate of drug-likeness (QED) is 0.905. The van der Waals surface area contributed by atoms with Crippen LogP contribution in [0.25, 0.3) is 0 Å². The normalized spacial score (nSPS) is 24.4. The van der Waals surface area contributed by atoms with Crippen molar-refractivity contribution >= 4 is 10.0 Å². The first-order valence-electron chi connectivity index (χ1n) is 8.09. The summed E-state index contributed by atoms with van der Waals surface area (Å²) < 4.78 is 25.4. The van der Waals surface area contributed by atoms with Crippen LogP contribution >= 0.6 is 0 Å². The van der Waals surface area contributed by atoms with Gasteiger partial charge in [-0.05, 0) is 43.4 Å². The summed E-state index contributed by atoms with van der Waals surface area (Å²) in [5.74, 6) is 0.797. The van der Waals surface area contributed by atoms with Crippen molar-refractivity contribution in [2.75, 3.05) is 14.1 Å². The maximum absolute atomic E-state index is 12.1. The Balaban J connectivity index is 2.03. The summed E-state index contributed by atoms with van der Waals surface area (Å²) in [6.45, 7) is 4.47. The summed E-state index contributed by atoms with van der Waals surface area (Å²) >= 11 is 0. The molecule has 1 aliphatic carbocycles. The van der Waals surface area contributed by atoms with Crippen molar-refractivity contribution < 1.29 is 8.42 Å². The Morgan fingerprint density at radius 3 is 2.36 bits per heavy atom. The number of hydrogen-bond donors (Lipinski definition) is 1. The van der Waals surface area contributed by atoms with Gasteiger partial charge in [0.05, 0.1) is 4.90 Å². The van der Waals surface area contributed by atoms with E-state index in [1.165, 1.54) is 30.0 Å². The lowest BCUT2D eigenvalue weighted by Crippen LogP contribution is -2.35. The van der Waals surface area contributed by atoms with E-state index in [1.54, 1.807) is 26.2 Å². The average molecular weight is 324 g/mol. The van der Waals surface area contributed by atoms with Crippen molar-refractivity contribution in [1.82, 2.24) is 9.62 Å². The lowest BCUT2D eigenvalue weighted by molar-refractivity contribution is 0.285. The third kappa shape index (κ3) is 4.09. The highest BCUT2D eigenvalue weighted by Crippen LogP contribution is 2.26. The molecule has 1 aliphatic rings. The van der Waals surface area contributed by atoms with E-state index in [0.717, 1.165) is 11.5 Å². The van der Waals surface area contributed by atoms with Gasteiger partial charge in [0, 0.05) is 26.2 Å². The van der Waals surface area contributed by atoms with Gasteiger partial charge in [-0.1, -0.05) is 31.9 Å². The number of rotatable bonds is 5. The minimum absolute atomic E-state index is 0.242. The molecule has 5 heteroatoms. The first-order chi connectivity index (χ1) is 10.3. The van der Waals surface area contributed by atoms with Gasteiger partial charge in [-0.25, -0.2) is 12.7 Å². The number of nitrogens with one attached hydrogen (secondary N) is 1. The monoisotopic (exact) mass is 324 g/mol. The molecule has 0 aliphatic heterocycles. The number of hydrogen-bond acceptors (Lipinski definition) is 3. The van der Waals surface area contributed by atoms with Crippen LogP contribution in [0.4, 0.5) is 0 Å². The van der Waals surface area contributed by atoms with Crippen molar-refractivity contribution in [2.24, 2.45) is 5.92 Å². The van der Waals surface area contributed by atoms with E-state index in [4.69, 9.17) is 0 Å². The van der Waals surface area contributed by atoms with E-state index in [2.05, 4.69) is 19.2 Å². The molecule has 3 unspecified atom stereocenters. The van der Waals surface area contributed by atoms with Crippen LogP contribution < -0.4 is 5.32 Å². The number of sulfonamides is 1. The van der Waals surface area contributed by atoms with Crippen molar-refractivity contribution in [1.29, 1.82) is 0 Å². The summed E-state index contributed by atoms with van der Waals surface area (Å²) in [5.41, 5.74) is 1.14. The minimum Gasteiger partial charge on any atom is -0.307 e. The van der Waals surface area contributed by atoms with Gasteiger partial charge in [0.1, 0.15) is 0 Å². The zero-order chi connectivity index (χ0) is 16.3. The Hall–Kier alpha value is -0.910. The van der Waals surface area contributed by atoms with Crippen LogP contribution in [0.15, 0.2) is 29.2 Å². The molecule has 22 heavy (non-hydrogen) atoms. The molecular weight excluding hydrogens is 296 g/mol. The fourth-order valence-corrected chi connectivity index (χ4v) is 4.08. The van der Waals surface area contributed by atoms with Crippen molar-refractivity contribution in [3.05, 3.63) is 29.8 Å². The molecule has 1 aromatic carbocycles. The van der Waals surface area contributed by atoms with Crippen molar-refractivity contribution in [3.63, 3.8) is 0 Å². The zero-order valence-electron chi connectivity index (χ0n) is 14.0. The minimum atomic E-state index is -3.34. The predicted octanol–water partition coefficient (Wildman–Crippen LogP) is 3.17. The molecule has 0 aromatic heterocycles. The second kappa shape index (κ2) is 7.11. The summed E-state index contributed by atoms with van der Waals surface area (Å²) in [6.07, 6.45) is 5.11. The highest BCUT2D eigenvalue weighted by atomic mass is 32.2.